The van der Waals surface area contributed by atoms with Crippen LogP contribution in [0.5, 0.6) is 0 Å². The van der Waals surface area contributed by atoms with Crippen LogP contribution in [0.15, 0.2) is 40.9 Å². The van der Waals surface area contributed by atoms with Crippen LogP contribution in [-0.2, 0) is 6.42 Å². The van der Waals surface area contributed by atoms with E-state index < -0.39 is 17.7 Å². The normalized spacial score (nSPS) is 12.4. The Morgan fingerprint density at radius 1 is 1.10 bits per heavy atom. The van der Waals surface area contributed by atoms with Gasteiger partial charge in [-0.25, -0.2) is 13.2 Å². The molecule has 1 nitrogen and oxygen atoms in total. The van der Waals surface area contributed by atoms with Crippen molar-refractivity contribution in [3.05, 3.63) is 69.4 Å². The van der Waals surface area contributed by atoms with Gasteiger partial charge < -0.3 is 5.32 Å². The highest BCUT2D eigenvalue weighted by Crippen LogP contribution is 2.25. The van der Waals surface area contributed by atoms with E-state index >= 15 is 0 Å². The van der Waals surface area contributed by atoms with E-state index in [-0.39, 0.29) is 17.8 Å². The lowest BCUT2D eigenvalue weighted by Gasteiger charge is -2.18. The molecular weight excluding hydrogens is 331 g/mol. The van der Waals surface area contributed by atoms with E-state index in [1.165, 1.54) is 18.2 Å². The molecule has 0 saturated heterocycles. The van der Waals surface area contributed by atoms with Crippen molar-refractivity contribution in [3.63, 3.8) is 0 Å². The summed E-state index contributed by atoms with van der Waals surface area (Å²) in [4.78, 5) is 0. The standard InChI is InChI=1S/C15H13BrF3N/c1-20-14(11-8-10(16)5-6-12(11)17)7-9-3-2-4-13(18)15(9)19/h2-6,8,14,20H,7H2,1H3. The van der Waals surface area contributed by atoms with Crippen molar-refractivity contribution in [1.82, 2.24) is 5.32 Å². The summed E-state index contributed by atoms with van der Waals surface area (Å²) < 4.78 is 41.5. The number of halogens is 4. The summed E-state index contributed by atoms with van der Waals surface area (Å²) >= 11 is 3.28. The first-order valence-corrected chi connectivity index (χ1v) is 6.87. The van der Waals surface area contributed by atoms with Crippen LogP contribution in [0.1, 0.15) is 17.2 Å². The number of likely N-dealkylation sites (N-methyl/N-ethyl adjacent to an activating group) is 1. The molecule has 0 aliphatic heterocycles. The molecule has 0 fully saturated rings. The summed E-state index contributed by atoms with van der Waals surface area (Å²) in [5.74, 6) is -2.17. The van der Waals surface area contributed by atoms with Gasteiger partial charge in [0.1, 0.15) is 5.82 Å². The zero-order chi connectivity index (χ0) is 14.7. The average Bonchev–Trinajstić information content (AvgIpc) is 2.43. The lowest BCUT2D eigenvalue weighted by molar-refractivity contribution is 0.480. The highest BCUT2D eigenvalue weighted by molar-refractivity contribution is 9.10. The number of hydrogen-bond donors (Lipinski definition) is 1. The molecule has 0 amide bonds. The largest absolute Gasteiger partial charge is 0.313 e. The van der Waals surface area contributed by atoms with Crippen LogP contribution in [0.2, 0.25) is 0 Å². The van der Waals surface area contributed by atoms with Gasteiger partial charge >= 0.3 is 0 Å². The SMILES string of the molecule is CNC(Cc1cccc(F)c1F)c1cc(Br)ccc1F. The summed E-state index contributed by atoms with van der Waals surface area (Å²) in [7, 11) is 1.65. The highest BCUT2D eigenvalue weighted by atomic mass is 79.9. The van der Waals surface area contributed by atoms with Crippen LogP contribution in [0, 0.1) is 17.5 Å². The Morgan fingerprint density at radius 2 is 1.85 bits per heavy atom. The van der Waals surface area contributed by atoms with E-state index in [0.29, 0.717) is 5.56 Å². The molecule has 2 aromatic carbocycles. The molecule has 2 rings (SSSR count). The van der Waals surface area contributed by atoms with Crippen molar-refractivity contribution in [2.75, 3.05) is 7.05 Å². The third-order valence-electron chi connectivity index (χ3n) is 3.14. The van der Waals surface area contributed by atoms with Crippen LogP contribution in [-0.4, -0.2) is 7.05 Å². The van der Waals surface area contributed by atoms with E-state index in [9.17, 15) is 13.2 Å². The van der Waals surface area contributed by atoms with Crippen molar-refractivity contribution in [3.8, 4) is 0 Å². The molecule has 1 atom stereocenters. The average molecular weight is 344 g/mol. The monoisotopic (exact) mass is 343 g/mol. The van der Waals surface area contributed by atoms with E-state index in [1.807, 2.05) is 0 Å². The molecule has 5 heteroatoms. The number of nitrogens with one attached hydrogen (secondary N) is 1. The Kier molecular flexibility index (Phi) is 4.83. The smallest absolute Gasteiger partial charge is 0.162 e. The zero-order valence-corrected chi connectivity index (χ0v) is 12.3. The van der Waals surface area contributed by atoms with Crippen LogP contribution in [0.4, 0.5) is 13.2 Å². The predicted octanol–water partition coefficient (Wildman–Crippen LogP) is 4.37. The fraction of sp³-hybridized carbons (Fsp3) is 0.200. The number of rotatable bonds is 4. The van der Waals surface area contributed by atoms with E-state index in [2.05, 4.69) is 21.2 Å². The summed E-state index contributed by atoms with van der Waals surface area (Å²) in [6.07, 6.45) is 0.160. The molecule has 20 heavy (non-hydrogen) atoms. The molecule has 1 N–H and O–H groups in total. The summed E-state index contributed by atoms with van der Waals surface area (Å²) in [5, 5.41) is 2.93. The van der Waals surface area contributed by atoms with Gasteiger partial charge in [-0.1, -0.05) is 28.1 Å². The van der Waals surface area contributed by atoms with Crippen LogP contribution in [0.3, 0.4) is 0 Å². The maximum absolute atomic E-state index is 13.9. The van der Waals surface area contributed by atoms with Gasteiger partial charge in [0.25, 0.3) is 0 Å². The summed E-state index contributed by atoms with van der Waals surface area (Å²) in [6, 6.07) is 8.13. The van der Waals surface area contributed by atoms with Gasteiger partial charge in [0.05, 0.1) is 0 Å². The fourth-order valence-corrected chi connectivity index (χ4v) is 2.45. The molecule has 0 aromatic heterocycles. The second-order valence-corrected chi connectivity index (χ2v) is 5.34. The minimum atomic E-state index is -0.896. The second kappa shape index (κ2) is 6.41. The zero-order valence-electron chi connectivity index (χ0n) is 10.8. The van der Waals surface area contributed by atoms with Crippen LogP contribution >= 0.6 is 15.9 Å². The summed E-state index contributed by atoms with van der Waals surface area (Å²) in [6.45, 7) is 0. The molecule has 0 aliphatic carbocycles. The quantitative estimate of drug-likeness (QED) is 0.869. The van der Waals surface area contributed by atoms with Crippen LogP contribution < -0.4 is 5.32 Å². The molecule has 0 aliphatic rings. The second-order valence-electron chi connectivity index (χ2n) is 4.42. The van der Waals surface area contributed by atoms with Gasteiger partial charge in [-0.2, -0.15) is 0 Å². The fourth-order valence-electron chi connectivity index (χ4n) is 2.08. The van der Waals surface area contributed by atoms with Crippen molar-refractivity contribution in [2.45, 2.75) is 12.5 Å². The maximum Gasteiger partial charge on any atom is 0.162 e. The molecular formula is C15H13BrF3N. The Bertz CT molecular complexity index is 616. The Balaban J connectivity index is 2.34. The Labute approximate surface area is 123 Å². The molecule has 0 heterocycles. The minimum Gasteiger partial charge on any atom is -0.313 e. The van der Waals surface area contributed by atoms with Crippen molar-refractivity contribution in [2.24, 2.45) is 0 Å². The minimum absolute atomic E-state index is 0.160. The number of hydrogen-bond acceptors (Lipinski definition) is 1. The maximum atomic E-state index is 13.9. The Hall–Kier alpha value is -1.33. The van der Waals surface area contributed by atoms with Gasteiger partial charge in [-0.3, -0.25) is 0 Å². The van der Waals surface area contributed by atoms with Gasteiger partial charge in [0, 0.05) is 16.1 Å². The van der Waals surface area contributed by atoms with Crippen LogP contribution in [0.25, 0.3) is 0 Å². The van der Waals surface area contributed by atoms with E-state index in [1.54, 1.807) is 19.2 Å². The van der Waals surface area contributed by atoms with Crippen molar-refractivity contribution < 1.29 is 13.2 Å². The first-order valence-electron chi connectivity index (χ1n) is 6.08. The van der Waals surface area contributed by atoms with Gasteiger partial charge in [-0.05, 0) is 43.3 Å². The summed E-state index contributed by atoms with van der Waals surface area (Å²) in [5.41, 5.74) is 0.620. The first kappa shape index (κ1) is 15.1. The third-order valence-corrected chi connectivity index (χ3v) is 3.63. The van der Waals surface area contributed by atoms with Crippen molar-refractivity contribution in [1.29, 1.82) is 0 Å². The molecule has 0 saturated carbocycles. The molecule has 0 spiro atoms. The predicted molar refractivity (Wildman–Crippen MR) is 76.0 cm³/mol. The third kappa shape index (κ3) is 3.22. The topological polar surface area (TPSA) is 12.0 Å². The van der Waals surface area contributed by atoms with Gasteiger partial charge in [-0.15, -0.1) is 0 Å². The lowest BCUT2D eigenvalue weighted by atomic mass is 9.98. The number of benzene rings is 2. The molecule has 1 unspecified atom stereocenters. The molecule has 106 valence electrons. The molecule has 0 radical (unpaired) electrons. The van der Waals surface area contributed by atoms with E-state index in [4.69, 9.17) is 0 Å². The molecule has 0 bridgehead atoms. The molecule has 2 aromatic rings. The van der Waals surface area contributed by atoms with Crippen molar-refractivity contribution >= 4 is 15.9 Å². The first-order chi connectivity index (χ1) is 9.52. The lowest BCUT2D eigenvalue weighted by Crippen LogP contribution is -2.20. The van der Waals surface area contributed by atoms with Gasteiger partial charge in [0.2, 0.25) is 0 Å². The highest BCUT2D eigenvalue weighted by Gasteiger charge is 2.18. The Morgan fingerprint density at radius 3 is 2.55 bits per heavy atom. The van der Waals surface area contributed by atoms with Gasteiger partial charge in [0.15, 0.2) is 11.6 Å². The van der Waals surface area contributed by atoms with E-state index in [0.717, 1.165) is 10.5 Å².